The van der Waals surface area contributed by atoms with E-state index in [0.29, 0.717) is 32.0 Å². The Morgan fingerprint density at radius 2 is 1.40 bits per heavy atom. The van der Waals surface area contributed by atoms with Gasteiger partial charge in [0.2, 0.25) is 21.5 Å². The van der Waals surface area contributed by atoms with Crippen LogP contribution < -0.4 is 25.8 Å². The van der Waals surface area contributed by atoms with Crippen LogP contribution in [0, 0.1) is 11.6 Å². The fourth-order valence-electron chi connectivity index (χ4n) is 5.58. The summed E-state index contributed by atoms with van der Waals surface area (Å²) in [7, 11) is 0. The van der Waals surface area contributed by atoms with Crippen molar-refractivity contribution < 1.29 is 42.2 Å². The summed E-state index contributed by atoms with van der Waals surface area (Å²) in [6, 6.07) is 13.8. The molecule has 14 nitrogen and oxygen atoms in total. The van der Waals surface area contributed by atoms with E-state index in [1.165, 1.54) is 74.6 Å². The number of nitrogens with two attached hydrogens (primary N) is 1. The van der Waals surface area contributed by atoms with E-state index in [1.807, 2.05) is 0 Å². The number of thiazole rings is 2. The van der Waals surface area contributed by atoms with E-state index in [2.05, 4.69) is 25.6 Å². The summed E-state index contributed by atoms with van der Waals surface area (Å²) in [5.74, 6) is -3.72. The van der Waals surface area contributed by atoms with Crippen LogP contribution in [0.5, 0.6) is 21.8 Å². The van der Waals surface area contributed by atoms with Crippen molar-refractivity contribution >= 4 is 68.4 Å². The SMILES string of the molecule is CC(C)(C)OC(=O)N(C(C)(C)C(=O)Nc1nc(-c2ccc(F)cc2)c(Oc2ccc(Cl)cn2)s1)C(C)(C(N)=O)C(=O)Nc1nc(C2CC2)c(Oc2ccc(F)cc2)s1. The minimum absolute atomic E-state index is 0.0155. The molecule has 0 bridgehead atoms. The van der Waals surface area contributed by atoms with Gasteiger partial charge in [0.05, 0.1) is 5.02 Å². The number of anilines is 2. The number of halogens is 3. The predicted molar refractivity (Wildman–Crippen MR) is 214 cm³/mol. The van der Waals surface area contributed by atoms with Crippen LogP contribution in [0.25, 0.3) is 11.3 Å². The van der Waals surface area contributed by atoms with Gasteiger partial charge in [-0.1, -0.05) is 34.3 Å². The molecule has 1 atom stereocenters. The maximum absolute atomic E-state index is 14.4. The lowest BCUT2D eigenvalue weighted by molar-refractivity contribution is -0.148. The van der Waals surface area contributed by atoms with Crippen molar-refractivity contribution in [2.45, 2.75) is 77.0 Å². The van der Waals surface area contributed by atoms with Crippen LogP contribution in [0.3, 0.4) is 0 Å². The van der Waals surface area contributed by atoms with Gasteiger partial charge >= 0.3 is 6.09 Å². The Hall–Kier alpha value is -5.72. The maximum atomic E-state index is 14.4. The van der Waals surface area contributed by atoms with Crippen molar-refractivity contribution in [1.29, 1.82) is 0 Å². The van der Waals surface area contributed by atoms with Gasteiger partial charge < -0.3 is 19.9 Å². The smallest absolute Gasteiger partial charge is 0.412 e. The normalized spacial score (nSPS) is 13.9. The van der Waals surface area contributed by atoms with Crippen LogP contribution in [-0.4, -0.2) is 60.3 Å². The van der Waals surface area contributed by atoms with Gasteiger partial charge in [0, 0.05) is 23.7 Å². The highest BCUT2D eigenvalue weighted by Gasteiger charge is 2.57. The third-order valence-corrected chi connectivity index (χ3v) is 10.7. The van der Waals surface area contributed by atoms with Crippen molar-refractivity contribution in [2.24, 2.45) is 5.73 Å². The molecule has 304 valence electrons. The fraction of sp³-hybridized carbons (Fsp3) is 0.308. The lowest BCUT2D eigenvalue weighted by atomic mass is 9.89. The second-order valence-electron chi connectivity index (χ2n) is 14.8. The molecule has 19 heteroatoms. The number of nitrogens with zero attached hydrogens (tertiary/aromatic N) is 4. The Balaban J connectivity index is 1.33. The van der Waals surface area contributed by atoms with Crippen LogP contribution in [0.2, 0.25) is 5.02 Å². The minimum atomic E-state index is -2.58. The number of hydrogen-bond donors (Lipinski definition) is 3. The molecule has 1 saturated carbocycles. The second kappa shape index (κ2) is 16.3. The number of hydrogen-bond acceptors (Lipinski definition) is 12. The first kappa shape index (κ1) is 41.9. The van der Waals surface area contributed by atoms with Gasteiger partial charge in [-0.05, 0) is 109 Å². The molecule has 2 aromatic carbocycles. The van der Waals surface area contributed by atoms with Crippen LogP contribution in [0.4, 0.5) is 23.8 Å². The summed E-state index contributed by atoms with van der Waals surface area (Å²) in [4.78, 5) is 70.3. The van der Waals surface area contributed by atoms with Gasteiger partial charge in [-0.3, -0.25) is 29.9 Å². The number of rotatable bonds is 13. The molecule has 3 heterocycles. The molecule has 1 fully saturated rings. The molecular formula is C39H38ClF2N7O7S2. The number of amides is 4. The number of pyridine rings is 1. The van der Waals surface area contributed by atoms with Gasteiger partial charge in [-0.25, -0.2) is 28.5 Å². The number of aromatic nitrogens is 3. The molecular weight excluding hydrogens is 816 g/mol. The monoisotopic (exact) mass is 853 g/mol. The quantitative estimate of drug-likeness (QED) is 0.0966. The van der Waals surface area contributed by atoms with E-state index in [0.717, 1.165) is 42.4 Å². The number of carbonyl (C=O) groups excluding carboxylic acids is 4. The fourth-order valence-corrected chi connectivity index (χ4v) is 7.45. The molecule has 4 amide bonds. The molecule has 3 aromatic heterocycles. The summed E-state index contributed by atoms with van der Waals surface area (Å²) in [5.41, 5.74) is 1.35. The van der Waals surface area contributed by atoms with Crippen LogP contribution in [-0.2, 0) is 19.1 Å². The molecule has 6 rings (SSSR count). The summed E-state index contributed by atoms with van der Waals surface area (Å²) < 4.78 is 45.1. The predicted octanol–water partition coefficient (Wildman–Crippen LogP) is 8.89. The molecule has 58 heavy (non-hydrogen) atoms. The molecule has 1 aliphatic rings. The van der Waals surface area contributed by atoms with Crippen molar-refractivity contribution in [2.75, 3.05) is 10.6 Å². The first-order valence-corrected chi connectivity index (χ1v) is 19.7. The molecule has 1 aliphatic carbocycles. The van der Waals surface area contributed by atoms with Crippen molar-refractivity contribution in [3.63, 3.8) is 0 Å². The van der Waals surface area contributed by atoms with Gasteiger partial charge in [0.15, 0.2) is 10.3 Å². The van der Waals surface area contributed by atoms with Crippen molar-refractivity contribution in [3.8, 4) is 33.0 Å². The molecule has 0 saturated heterocycles. The Labute approximate surface area is 344 Å². The summed E-state index contributed by atoms with van der Waals surface area (Å²) in [5, 5.41) is 6.12. The number of nitrogens with one attached hydrogen (secondary N) is 2. The highest BCUT2D eigenvalue weighted by molar-refractivity contribution is 7.18. The molecule has 0 radical (unpaired) electrons. The molecule has 4 N–H and O–H groups in total. The molecule has 5 aromatic rings. The number of primary amides is 1. The summed E-state index contributed by atoms with van der Waals surface area (Å²) >= 11 is 7.84. The molecule has 1 unspecified atom stereocenters. The molecule has 0 spiro atoms. The third-order valence-electron chi connectivity index (χ3n) is 8.72. The van der Waals surface area contributed by atoms with Gasteiger partial charge in [0.1, 0.15) is 39.9 Å². The average Bonchev–Trinajstić information content (AvgIpc) is 3.80. The van der Waals surface area contributed by atoms with Crippen molar-refractivity contribution in [1.82, 2.24) is 19.9 Å². The lowest BCUT2D eigenvalue weighted by Crippen LogP contribution is -2.72. The van der Waals surface area contributed by atoms with Gasteiger partial charge in [-0.2, -0.15) is 0 Å². The standard InChI is InChI=1S/C39H38ClF2N7O7S2/c1-37(2,3)56-36(53)49(39(6,31(43)50)33(52)48-35-45-27(20-7-8-20)29(57-35)54-25-16-14-24(42)15-17-25)38(4,5)32(51)47-34-46-28(21-9-12-23(41)13-10-21)30(58-34)55-26-18-11-22(40)19-44-26/h9-20H,7-8H2,1-6H3,(H2,43,50)(H,45,48,52)(H,46,47,51). The zero-order valence-electron chi connectivity index (χ0n) is 32.0. The number of ether oxygens (including phenoxy) is 3. The summed E-state index contributed by atoms with van der Waals surface area (Å²) in [6.07, 6.45) is 1.80. The van der Waals surface area contributed by atoms with Crippen LogP contribution in [0.1, 0.15) is 66.0 Å². The second-order valence-corrected chi connectivity index (χ2v) is 17.2. The van der Waals surface area contributed by atoms with Crippen LogP contribution >= 0.6 is 34.3 Å². The first-order valence-electron chi connectivity index (χ1n) is 17.7. The van der Waals surface area contributed by atoms with Gasteiger partial charge in [0.25, 0.3) is 17.7 Å². The zero-order chi connectivity index (χ0) is 42.2. The third kappa shape index (κ3) is 9.35. The Morgan fingerprint density at radius 1 is 0.810 bits per heavy atom. The van der Waals surface area contributed by atoms with E-state index in [-0.39, 0.29) is 32.8 Å². The highest BCUT2D eigenvalue weighted by Crippen LogP contribution is 2.49. The number of carbonyl (C=O) groups is 4. The first-order chi connectivity index (χ1) is 27.2. The number of benzene rings is 2. The maximum Gasteiger partial charge on any atom is 0.412 e. The van der Waals surface area contributed by atoms with E-state index in [4.69, 9.17) is 31.5 Å². The Bertz CT molecular complexity index is 2350. The molecule has 0 aliphatic heterocycles. The van der Waals surface area contributed by atoms with E-state index in [9.17, 15) is 28.0 Å². The van der Waals surface area contributed by atoms with E-state index >= 15 is 0 Å². The lowest BCUT2D eigenvalue weighted by Gasteiger charge is -2.45. The average molecular weight is 854 g/mol. The largest absolute Gasteiger partial charge is 0.445 e. The van der Waals surface area contributed by atoms with Crippen molar-refractivity contribution in [3.05, 3.63) is 89.2 Å². The Kier molecular flexibility index (Phi) is 11.7. The minimum Gasteiger partial charge on any atom is -0.445 e. The van der Waals surface area contributed by atoms with E-state index in [1.54, 1.807) is 26.8 Å². The van der Waals surface area contributed by atoms with Crippen LogP contribution in [0.15, 0.2) is 66.9 Å². The van der Waals surface area contributed by atoms with Gasteiger partial charge in [-0.15, -0.1) is 0 Å². The zero-order valence-corrected chi connectivity index (χ0v) is 34.4. The highest BCUT2D eigenvalue weighted by atomic mass is 35.5. The van der Waals surface area contributed by atoms with E-state index < -0.39 is 52.1 Å². The summed E-state index contributed by atoms with van der Waals surface area (Å²) in [6.45, 7) is 8.40. The Morgan fingerprint density at radius 3 is 1.97 bits per heavy atom. The topological polar surface area (TPSA) is 188 Å².